The van der Waals surface area contributed by atoms with Gasteiger partial charge in [0.15, 0.2) is 0 Å². The van der Waals surface area contributed by atoms with Crippen LogP contribution in [0.15, 0.2) is 77.7 Å². The average Bonchev–Trinajstić information content (AvgIpc) is 2.73. The van der Waals surface area contributed by atoms with E-state index in [1.165, 1.54) is 25.1 Å². The van der Waals surface area contributed by atoms with Gasteiger partial charge in [-0.3, -0.25) is 10.1 Å². The Bertz CT molecular complexity index is 1110. The summed E-state index contributed by atoms with van der Waals surface area (Å²) in [5, 5.41) is 10.9. The van der Waals surface area contributed by atoms with Crippen LogP contribution in [0.1, 0.15) is 22.3 Å². The molecule has 8 heteroatoms. The Morgan fingerprint density at radius 1 is 0.900 bits per heavy atom. The zero-order valence-electron chi connectivity index (χ0n) is 16.4. The molecule has 0 aromatic heterocycles. The Morgan fingerprint density at radius 3 is 2.10 bits per heavy atom. The van der Waals surface area contributed by atoms with Crippen LogP contribution in [0.4, 0.5) is 5.69 Å². The highest BCUT2D eigenvalue weighted by Gasteiger charge is 2.18. The number of ether oxygens (including phenoxy) is 1. The standard InChI is InChI=1S/C22H22N2O5S/c1-17-13-21(11-12-22(17)24(25)26)30(27,28)23-14-18-7-9-20(10-8-18)16-29-15-19-5-3-2-4-6-19/h2-13,23H,14-16H2,1H3. The molecule has 0 bridgehead atoms. The third kappa shape index (κ3) is 5.73. The maximum Gasteiger partial charge on any atom is 0.272 e. The summed E-state index contributed by atoms with van der Waals surface area (Å²) in [7, 11) is -3.78. The second-order valence-electron chi connectivity index (χ2n) is 6.82. The van der Waals surface area contributed by atoms with Crippen molar-refractivity contribution in [1.82, 2.24) is 4.72 Å². The van der Waals surface area contributed by atoms with Gasteiger partial charge in [-0.1, -0.05) is 54.6 Å². The molecule has 0 aliphatic rings. The normalized spacial score (nSPS) is 11.4. The monoisotopic (exact) mass is 426 g/mol. The summed E-state index contributed by atoms with van der Waals surface area (Å²) in [5.74, 6) is 0. The van der Waals surface area contributed by atoms with Crippen molar-refractivity contribution in [1.29, 1.82) is 0 Å². The number of nitrogens with one attached hydrogen (secondary N) is 1. The first kappa shape index (κ1) is 21.6. The Labute approximate surface area is 175 Å². The quantitative estimate of drug-likeness (QED) is 0.410. The van der Waals surface area contributed by atoms with Crippen molar-refractivity contribution in [2.24, 2.45) is 0 Å². The Kier molecular flexibility index (Phi) is 6.94. The first-order valence-electron chi connectivity index (χ1n) is 9.29. The largest absolute Gasteiger partial charge is 0.372 e. The van der Waals surface area contributed by atoms with Gasteiger partial charge in [0.1, 0.15) is 0 Å². The zero-order chi connectivity index (χ0) is 21.6. The van der Waals surface area contributed by atoms with Crippen LogP contribution in [0, 0.1) is 17.0 Å². The van der Waals surface area contributed by atoms with Crippen LogP contribution in [-0.2, 0) is 34.5 Å². The van der Waals surface area contributed by atoms with Crippen LogP contribution in [0.3, 0.4) is 0 Å². The smallest absolute Gasteiger partial charge is 0.272 e. The molecule has 0 heterocycles. The number of rotatable bonds is 9. The summed E-state index contributed by atoms with van der Waals surface area (Å²) in [6.07, 6.45) is 0. The first-order chi connectivity index (χ1) is 14.3. The molecule has 7 nitrogen and oxygen atoms in total. The third-order valence-corrected chi connectivity index (χ3v) is 5.94. The fourth-order valence-corrected chi connectivity index (χ4v) is 3.98. The van der Waals surface area contributed by atoms with Gasteiger partial charge in [0, 0.05) is 18.2 Å². The number of aryl methyl sites for hydroxylation is 1. The van der Waals surface area contributed by atoms with Gasteiger partial charge in [0.2, 0.25) is 10.0 Å². The van der Waals surface area contributed by atoms with Gasteiger partial charge in [-0.05, 0) is 35.7 Å². The van der Waals surface area contributed by atoms with Crippen molar-refractivity contribution >= 4 is 15.7 Å². The van der Waals surface area contributed by atoms with Crippen molar-refractivity contribution in [3.63, 3.8) is 0 Å². The number of hydrogen-bond acceptors (Lipinski definition) is 5. The Morgan fingerprint density at radius 2 is 1.50 bits per heavy atom. The molecule has 0 aliphatic carbocycles. The lowest BCUT2D eigenvalue weighted by atomic mass is 10.1. The van der Waals surface area contributed by atoms with E-state index in [0.717, 1.165) is 16.7 Å². The van der Waals surface area contributed by atoms with Gasteiger partial charge in [-0.25, -0.2) is 13.1 Å². The van der Waals surface area contributed by atoms with E-state index in [2.05, 4.69) is 4.72 Å². The van der Waals surface area contributed by atoms with E-state index >= 15 is 0 Å². The molecular weight excluding hydrogens is 404 g/mol. The third-order valence-electron chi connectivity index (χ3n) is 4.54. The molecule has 3 rings (SSSR count). The minimum atomic E-state index is -3.78. The molecule has 3 aromatic carbocycles. The van der Waals surface area contributed by atoms with E-state index < -0.39 is 14.9 Å². The van der Waals surface area contributed by atoms with Gasteiger partial charge in [-0.2, -0.15) is 0 Å². The molecule has 0 saturated heterocycles. The predicted molar refractivity (Wildman–Crippen MR) is 113 cm³/mol. The van der Waals surface area contributed by atoms with Crippen LogP contribution in [0.25, 0.3) is 0 Å². The van der Waals surface area contributed by atoms with Crippen molar-refractivity contribution in [3.05, 3.63) is 105 Å². The van der Waals surface area contributed by atoms with Gasteiger partial charge >= 0.3 is 0 Å². The summed E-state index contributed by atoms with van der Waals surface area (Å²) >= 11 is 0. The number of nitrogens with zero attached hydrogens (tertiary/aromatic N) is 1. The van der Waals surface area contributed by atoms with Gasteiger partial charge < -0.3 is 4.74 Å². The number of sulfonamides is 1. The fourth-order valence-electron chi connectivity index (χ4n) is 2.88. The molecule has 0 spiro atoms. The summed E-state index contributed by atoms with van der Waals surface area (Å²) in [5.41, 5.74) is 3.07. The average molecular weight is 426 g/mol. The molecule has 3 aromatic rings. The van der Waals surface area contributed by atoms with E-state index in [9.17, 15) is 18.5 Å². The second kappa shape index (κ2) is 9.62. The number of hydrogen-bond donors (Lipinski definition) is 1. The number of nitro benzene ring substituents is 1. The molecule has 30 heavy (non-hydrogen) atoms. The highest BCUT2D eigenvalue weighted by molar-refractivity contribution is 7.89. The van der Waals surface area contributed by atoms with Crippen LogP contribution in [0.5, 0.6) is 0 Å². The highest BCUT2D eigenvalue weighted by Crippen LogP contribution is 2.21. The molecule has 0 atom stereocenters. The van der Waals surface area contributed by atoms with Gasteiger partial charge in [-0.15, -0.1) is 0 Å². The Hall–Kier alpha value is -3.07. The minimum Gasteiger partial charge on any atom is -0.372 e. The van der Waals surface area contributed by atoms with Gasteiger partial charge in [0.25, 0.3) is 5.69 Å². The molecule has 0 fully saturated rings. The van der Waals surface area contributed by atoms with Crippen molar-refractivity contribution in [2.45, 2.75) is 31.6 Å². The SMILES string of the molecule is Cc1cc(S(=O)(=O)NCc2ccc(COCc3ccccc3)cc2)ccc1[N+](=O)[O-]. The van der Waals surface area contributed by atoms with Crippen molar-refractivity contribution in [2.75, 3.05) is 0 Å². The second-order valence-corrected chi connectivity index (χ2v) is 8.59. The van der Waals surface area contributed by atoms with Crippen molar-refractivity contribution < 1.29 is 18.1 Å². The number of benzene rings is 3. The topological polar surface area (TPSA) is 98.5 Å². The number of nitro groups is 1. The lowest BCUT2D eigenvalue weighted by molar-refractivity contribution is -0.385. The molecule has 156 valence electrons. The lowest BCUT2D eigenvalue weighted by Gasteiger charge is -2.09. The van der Waals surface area contributed by atoms with E-state index in [1.54, 1.807) is 0 Å². The van der Waals surface area contributed by atoms with Crippen molar-refractivity contribution in [3.8, 4) is 0 Å². The molecule has 0 unspecified atom stereocenters. The summed E-state index contributed by atoms with van der Waals surface area (Å²) in [6.45, 7) is 2.61. The summed E-state index contributed by atoms with van der Waals surface area (Å²) < 4.78 is 33.2. The maximum atomic E-state index is 12.5. The van der Waals surface area contributed by atoms with E-state index in [0.29, 0.717) is 18.8 Å². The van der Waals surface area contributed by atoms with E-state index in [4.69, 9.17) is 4.74 Å². The zero-order valence-corrected chi connectivity index (χ0v) is 17.3. The van der Waals surface area contributed by atoms with E-state index in [-0.39, 0.29) is 17.1 Å². The predicted octanol–water partition coefficient (Wildman–Crippen LogP) is 4.10. The van der Waals surface area contributed by atoms with E-state index in [1.807, 2.05) is 54.6 Å². The fraction of sp³-hybridized carbons (Fsp3) is 0.182. The molecule has 0 saturated carbocycles. The van der Waals surface area contributed by atoms with Crippen LogP contribution < -0.4 is 4.72 Å². The molecule has 0 radical (unpaired) electrons. The summed E-state index contributed by atoms with van der Waals surface area (Å²) in [4.78, 5) is 10.3. The minimum absolute atomic E-state index is 0.00321. The van der Waals surface area contributed by atoms with Crippen LogP contribution in [0.2, 0.25) is 0 Å². The highest BCUT2D eigenvalue weighted by atomic mass is 32.2. The summed E-state index contributed by atoms with van der Waals surface area (Å²) in [6, 6.07) is 21.1. The Balaban J connectivity index is 1.55. The molecular formula is C22H22N2O5S. The van der Waals surface area contributed by atoms with Crippen LogP contribution >= 0.6 is 0 Å². The molecule has 0 amide bonds. The first-order valence-corrected chi connectivity index (χ1v) is 10.8. The maximum absolute atomic E-state index is 12.5. The molecule has 0 aliphatic heterocycles. The molecule has 1 N–H and O–H groups in total. The van der Waals surface area contributed by atoms with Gasteiger partial charge in [0.05, 0.1) is 23.0 Å². The van der Waals surface area contributed by atoms with Crippen LogP contribution in [-0.4, -0.2) is 13.3 Å². The lowest BCUT2D eigenvalue weighted by Crippen LogP contribution is -2.23.